The Morgan fingerprint density at radius 2 is 1.72 bits per heavy atom. The Hall–Kier alpha value is -0.990. The zero-order valence-corrected chi connectivity index (χ0v) is 12.7. The van der Waals surface area contributed by atoms with Crippen LogP contribution in [0.4, 0.5) is 0 Å². The van der Waals surface area contributed by atoms with Gasteiger partial charge in [-0.3, -0.25) is 0 Å². The minimum absolute atomic E-state index is 0.546. The van der Waals surface area contributed by atoms with Gasteiger partial charge in [-0.15, -0.1) is 0 Å². The molecule has 2 aromatic carbocycles. The molecule has 0 aromatic heterocycles. The van der Waals surface area contributed by atoms with Crippen molar-refractivity contribution in [2.45, 2.75) is 20.5 Å². The van der Waals surface area contributed by atoms with E-state index in [4.69, 9.17) is 16.3 Å². The van der Waals surface area contributed by atoms with Gasteiger partial charge < -0.3 is 4.74 Å². The van der Waals surface area contributed by atoms with Gasteiger partial charge >= 0.3 is 0 Å². The summed E-state index contributed by atoms with van der Waals surface area (Å²) in [6.07, 6.45) is 0. The van der Waals surface area contributed by atoms with Crippen LogP contribution in [-0.2, 0) is 6.61 Å². The molecule has 18 heavy (non-hydrogen) atoms. The zero-order valence-electron chi connectivity index (χ0n) is 10.3. The van der Waals surface area contributed by atoms with E-state index in [-0.39, 0.29) is 0 Å². The van der Waals surface area contributed by atoms with Crippen LogP contribution in [0.1, 0.15) is 16.7 Å². The molecule has 0 N–H and O–H groups in total. The predicted octanol–water partition coefficient (Wildman–Crippen LogP) is 5.30. The highest BCUT2D eigenvalue weighted by Crippen LogP contribution is 2.28. The SMILES string of the molecule is Cc1cc(Cl)cc(C)c1OCc1ccccc1Br. The molecular weight excluding hydrogens is 312 g/mol. The van der Waals surface area contributed by atoms with Crippen molar-refractivity contribution in [2.75, 3.05) is 0 Å². The van der Waals surface area contributed by atoms with Crippen molar-refractivity contribution >= 4 is 27.5 Å². The average molecular weight is 326 g/mol. The second-order valence-electron chi connectivity index (χ2n) is 4.25. The van der Waals surface area contributed by atoms with E-state index in [9.17, 15) is 0 Å². The lowest BCUT2D eigenvalue weighted by Crippen LogP contribution is -1.99. The molecule has 0 aliphatic carbocycles. The number of hydrogen-bond acceptors (Lipinski definition) is 1. The average Bonchev–Trinajstić information content (AvgIpc) is 2.30. The predicted molar refractivity (Wildman–Crippen MR) is 79.4 cm³/mol. The van der Waals surface area contributed by atoms with Crippen LogP contribution in [0.2, 0.25) is 5.02 Å². The lowest BCUT2D eigenvalue weighted by Gasteiger charge is -2.13. The molecule has 0 aliphatic heterocycles. The number of halogens is 2. The van der Waals surface area contributed by atoms with Crippen LogP contribution in [-0.4, -0.2) is 0 Å². The van der Waals surface area contributed by atoms with Crippen molar-refractivity contribution in [1.82, 2.24) is 0 Å². The Bertz CT molecular complexity index is 543. The fourth-order valence-corrected chi connectivity index (χ4v) is 2.62. The fourth-order valence-electron chi connectivity index (χ4n) is 1.89. The van der Waals surface area contributed by atoms with Gasteiger partial charge in [-0.05, 0) is 43.2 Å². The monoisotopic (exact) mass is 324 g/mol. The van der Waals surface area contributed by atoms with Crippen LogP contribution in [0.5, 0.6) is 5.75 Å². The molecule has 0 saturated heterocycles. The van der Waals surface area contributed by atoms with Crippen molar-refractivity contribution in [3.05, 3.63) is 62.6 Å². The highest BCUT2D eigenvalue weighted by Gasteiger charge is 2.07. The van der Waals surface area contributed by atoms with Crippen LogP contribution in [0.3, 0.4) is 0 Å². The van der Waals surface area contributed by atoms with Gasteiger partial charge in [0.25, 0.3) is 0 Å². The lowest BCUT2D eigenvalue weighted by molar-refractivity contribution is 0.301. The molecule has 0 heterocycles. The van der Waals surface area contributed by atoms with Crippen LogP contribution < -0.4 is 4.74 Å². The summed E-state index contributed by atoms with van der Waals surface area (Å²) in [6.45, 7) is 4.56. The second-order valence-corrected chi connectivity index (χ2v) is 5.54. The maximum atomic E-state index is 6.00. The van der Waals surface area contributed by atoms with Gasteiger partial charge in [0, 0.05) is 15.1 Å². The summed E-state index contributed by atoms with van der Waals surface area (Å²) in [5, 5.41) is 0.748. The summed E-state index contributed by atoms with van der Waals surface area (Å²) >= 11 is 9.52. The molecule has 94 valence electrons. The summed E-state index contributed by atoms with van der Waals surface area (Å²) in [4.78, 5) is 0. The molecule has 0 aliphatic rings. The molecular formula is C15H14BrClO. The maximum absolute atomic E-state index is 6.00. The third-order valence-electron chi connectivity index (χ3n) is 2.75. The summed E-state index contributed by atoms with van der Waals surface area (Å²) in [5.74, 6) is 0.912. The highest BCUT2D eigenvalue weighted by molar-refractivity contribution is 9.10. The van der Waals surface area contributed by atoms with E-state index in [0.717, 1.165) is 31.9 Å². The minimum Gasteiger partial charge on any atom is -0.488 e. The molecule has 0 fully saturated rings. The molecule has 3 heteroatoms. The number of hydrogen-bond donors (Lipinski definition) is 0. The van der Waals surface area contributed by atoms with Crippen LogP contribution in [0.25, 0.3) is 0 Å². The van der Waals surface area contributed by atoms with Crippen molar-refractivity contribution in [2.24, 2.45) is 0 Å². The molecule has 0 amide bonds. The Balaban J connectivity index is 2.19. The highest BCUT2D eigenvalue weighted by atomic mass is 79.9. The first-order valence-electron chi connectivity index (χ1n) is 5.71. The molecule has 0 saturated carbocycles. The fraction of sp³-hybridized carbons (Fsp3) is 0.200. The topological polar surface area (TPSA) is 9.23 Å². The van der Waals surface area contributed by atoms with Gasteiger partial charge in [-0.25, -0.2) is 0 Å². The summed E-state index contributed by atoms with van der Waals surface area (Å²) in [6, 6.07) is 11.9. The summed E-state index contributed by atoms with van der Waals surface area (Å²) < 4.78 is 6.96. The molecule has 0 radical (unpaired) electrons. The number of ether oxygens (including phenoxy) is 1. The number of rotatable bonds is 3. The smallest absolute Gasteiger partial charge is 0.125 e. The Morgan fingerprint density at radius 1 is 1.11 bits per heavy atom. The molecule has 0 spiro atoms. The van der Waals surface area contributed by atoms with Gasteiger partial charge in [0.2, 0.25) is 0 Å². The van der Waals surface area contributed by atoms with E-state index in [0.29, 0.717) is 6.61 Å². The van der Waals surface area contributed by atoms with Crippen molar-refractivity contribution in [1.29, 1.82) is 0 Å². The molecule has 0 unspecified atom stereocenters. The van der Waals surface area contributed by atoms with E-state index >= 15 is 0 Å². The first-order chi connectivity index (χ1) is 8.58. The first kappa shape index (κ1) is 13.4. The number of benzene rings is 2. The van der Waals surface area contributed by atoms with Crippen LogP contribution >= 0.6 is 27.5 Å². The Labute approximate surface area is 121 Å². The third kappa shape index (κ3) is 3.06. The largest absolute Gasteiger partial charge is 0.488 e. The standard InChI is InChI=1S/C15H14BrClO/c1-10-7-13(17)8-11(2)15(10)18-9-12-5-3-4-6-14(12)16/h3-8H,9H2,1-2H3. The maximum Gasteiger partial charge on any atom is 0.125 e. The van der Waals surface area contributed by atoms with Crippen LogP contribution in [0, 0.1) is 13.8 Å². The number of aryl methyl sites for hydroxylation is 2. The van der Waals surface area contributed by atoms with E-state index in [1.165, 1.54) is 0 Å². The van der Waals surface area contributed by atoms with Gasteiger partial charge in [0.1, 0.15) is 12.4 Å². The third-order valence-corrected chi connectivity index (χ3v) is 3.75. The normalized spacial score (nSPS) is 10.4. The van der Waals surface area contributed by atoms with E-state index in [1.54, 1.807) is 0 Å². The van der Waals surface area contributed by atoms with Gasteiger partial charge in [-0.1, -0.05) is 45.7 Å². The summed E-state index contributed by atoms with van der Waals surface area (Å²) in [7, 11) is 0. The van der Waals surface area contributed by atoms with Crippen molar-refractivity contribution in [3.8, 4) is 5.75 Å². The molecule has 2 rings (SSSR count). The first-order valence-corrected chi connectivity index (χ1v) is 6.88. The van der Waals surface area contributed by atoms with E-state index in [1.807, 2.05) is 50.2 Å². The van der Waals surface area contributed by atoms with Crippen molar-refractivity contribution in [3.63, 3.8) is 0 Å². The van der Waals surface area contributed by atoms with E-state index in [2.05, 4.69) is 15.9 Å². The van der Waals surface area contributed by atoms with Crippen LogP contribution in [0.15, 0.2) is 40.9 Å². The molecule has 1 nitrogen and oxygen atoms in total. The van der Waals surface area contributed by atoms with E-state index < -0.39 is 0 Å². The Morgan fingerprint density at radius 3 is 2.33 bits per heavy atom. The zero-order chi connectivity index (χ0) is 13.1. The quantitative estimate of drug-likeness (QED) is 0.744. The molecule has 2 aromatic rings. The van der Waals surface area contributed by atoms with Gasteiger partial charge in [-0.2, -0.15) is 0 Å². The van der Waals surface area contributed by atoms with Gasteiger partial charge in [0.05, 0.1) is 0 Å². The summed E-state index contributed by atoms with van der Waals surface area (Å²) in [5.41, 5.74) is 3.25. The minimum atomic E-state index is 0.546. The molecule has 0 atom stereocenters. The lowest BCUT2D eigenvalue weighted by atomic mass is 10.1. The van der Waals surface area contributed by atoms with Crippen molar-refractivity contribution < 1.29 is 4.74 Å². The molecule has 0 bridgehead atoms. The van der Waals surface area contributed by atoms with Gasteiger partial charge in [0.15, 0.2) is 0 Å². The Kier molecular flexibility index (Phi) is 4.31. The second kappa shape index (κ2) is 5.77.